The maximum Gasteiger partial charge on any atom is 0.270 e. The molecule has 1 aliphatic rings. The van der Waals surface area contributed by atoms with Crippen LogP contribution in [0.5, 0.6) is 0 Å². The second-order valence-electron chi connectivity index (χ2n) is 5.45. The van der Waals surface area contributed by atoms with Gasteiger partial charge in [0.05, 0.1) is 6.54 Å². The Morgan fingerprint density at radius 3 is 2.95 bits per heavy atom. The van der Waals surface area contributed by atoms with E-state index in [0.29, 0.717) is 24.7 Å². The molecule has 0 bridgehead atoms. The lowest BCUT2D eigenvalue weighted by atomic mass is 9.92. The molecule has 0 radical (unpaired) electrons. The summed E-state index contributed by atoms with van der Waals surface area (Å²) in [7, 11) is 0. The van der Waals surface area contributed by atoms with E-state index in [1.54, 1.807) is 17.0 Å². The van der Waals surface area contributed by atoms with Gasteiger partial charge in [-0.1, -0.05) is 6.92 Å². The number of carbonyl (C=O) groups is 1. The number of amides is 1. The Kier molecular flexibility index (Phi) is 4.75. The molecule has 2 rings (SSSR count). The van der Waals surface area contributed by atoms with Crippen LogP contribution in [0.25, 0.3) is 0 Å². The van der Waals surface area contributed by atoms with Gasteiger partial charge in [-0.05, 0) is 30.9 Å². The van der Waals surface area contributed by atoms with Crippen molar-refractivity contribution in [1.82, 2.24) is 9.47 Å². The number of alkyl halides is 2. The number of halogens is 2. The van der Waals surface area contributed by atoms with Crippen molar-refractivity contribution in [2.75, 3.05) is 13.1 Å². The van der Waals surface area contributed by atoms with Crippen LogP contribution < -0.4 is 5.73 Å². The van der Waals surface area contributed by atoms with Crippen molar-refractivity contribution in [2.24, 2.45) is 11.7 Å². The SMILES string of the molecule is CC1CCN(C(=O)c2cccn2CC(F)F)C(CN)C1. The van der Waals surface area contributed by atoms with Crippen molar-refractivity contribution < 1.29 is 13.6 Å². The van der Waals surface area contributed by atoms with E-state index in [0.717, 1.165) is 12.8 Å². The number of carbonyl (C=O) groups excluding carboxylic acids is 1. The molecule has 1 saturated heterocycles. The molecular formula is C14H21F2N3O. The van der Waals surface area contributed by atoms with Crippen LogP contribution in [0.15, 0.2) is 18.3 Å². The minimum atomic E-state index is -2.47. The highest BCUT2D eigenvalue weighted by Crippen LogP contribution is 2.24. The molecule has 2 heterocycles. The Morgan fingerprint density at radius 1 is 1.55 bits per heavy atom. The van der Waals surface area contributed by atoms with E-state index >= 15 is 0 Å². The number of nitrogens with zero attached hydrogens (tertiary/aromatic N) is 2. The molecule has 2 atom stereocenters. The molecule has 6 heteroatoms. The summed E-state index contributed by atoms with van der Waals surface area (Å²) in [4.78, 5) is 14.3. The van der Waals surface area contributed by atoms with E-state index in [-0.39, 0.29) is 11.9 Å². The topological polar surface area (TPSA) is 51.3 Å². The lowest BCUT2D eigenvalue weighted by molar-refractivity contribution is 0.0555. The molecule has 1 aromatic rings. The number of piperidine rings is 1. The van der Waals surface area contributed by atoms with E-state index in [4.69, 9.17) is 5.73 Å². The molecule has 0 spiro atoms. The zero-order chi connectivity index (χ0) is 14.7. The molecule has 1 fully saturated rings. The summed E-state index contributed by atoms with van der Waals surface area (Å²) in [5.74, 6) is 0.346. The van der Waals surface area contributed by atoms with E-state index < -0.39 is 13.0 Å². The van der Waals surface area contributed by atoms with Crippen molar-refractivity contribution in [3.63, 3.8) is 0 Å². The van der Waals surface area contributed by atoms with Crippen molar-refractivity contribution in [1.29, 1.82) is 0 Å². The summed E-state index contributed by atoms with van der Waals surface area (Å²) in [5, 5.41) is 0. The average molecular weight is 285 g/mol. The second kappa shape index (κ2) is 6.35. The first-order valence-electron chi connectivity index (χ1n) is 6.97. The second-order valence-corrected chi connectivity index (χ2v) is 5.45. The van der Waals surface area contributed by atoms with Gasteiger partial charge in [-0.3, -0.25) is 4.79 Å². The lowest BCUT2D eigenvalue weighted by Gasteiger charge is -2.38. The van der Waals surface area contributed by atoms with Crippen LogP contribution in [0.1, 0.15) is 30.3 Å². The standard InChI is InChI=1S/C14H21F2N3O/c1-10-4-6-19(11(7-10)8-17)14(20)12-3-2-5-18(12)9-13(15)16/h2-3,5,10-11,13H,4,6-9,17H2,1H3. The van der Waals surface area contributed by atoms with Gasteiger partial charge in [-0.2, -0.15) is 0 Å². The number of hydrogen-bond acceptors (Lipinski definition) is 2. The minimum Gasteiger partial charge on any atom is -0.338 e. The van der Waals surface area contributed by atoms with Crippen LogP contribution in [-0.4, -0.2) is 40.9 Å². The molecule has 2 unspecified atom stereocenters. The third-order valence-electron chi connectivity index (χ3n) is 3.89. The van der Waals surface area contributed by atoms with Gasteiger partial charge >= 0.3 is 0 Å². The summed E-state index contributed by atoms with van der Waals surface area (Å²) in [6.45, 7) is 2.74. The largest absolute Gasteiger partial charge is 0.338 e. The van der Waals surface area contributed by atoms with E-state index in [9.17, 15) is 13.6 Å². The van der Waals surface area contributed by atoms with Gasteiger partial charge in [0, 0.05) is 25.3 Å². The number of aromatic nitrogens is 1. The van der Waals surface area contributed by atoms with Gasteiger partial charge in [0.25, 0.3) is 12.3 Å². The summed E-state index contributed by atoms with van der Waals surface area (Å²) in [6.07, 6.45) is 0.847. The monoisotopic (exact) mass is 285 g/mol. The van der Waals surface area contributed by atoms with Gasteiger partial charge < -0.3 is 15.2 Å². The maximum atomic E-state index is 12.5. The molecule has 1 aliphatic heterocycles. The molecule has 2 N–H and O–H groups in total. The normalized spacial score (nSPS) is 23.4. The van der Waals surface area contributed by atoms with Gasteiger partial charge in [-0.15, -0.1) is 0 Å². The predicted octanol–water partition coefficient (Wildman–Crippen LogP) is 1.95. The van der Waals surface area contributed by atoms with Crippen LogP contribution in [0.4, 0.5) is 8.78 Å². The van der Waals surface area contributed by atoms with Crippen LogP contribution in [0, 0.1) is 5.92 Å². The maximum absolute atomic E-state index is 12.5. The molecule has 0 saturated carbocycles. The van der Waals surface area contributed by atoms with E-state index in [1.807, 2.05) is 0 Å². The first kappa shape index (κ1) is 15.0. The molecule has 112 valence electrons. The van der Waals surface area contributed by atoms with Crippen molar-refractivity contribution in [3.05, 3.63) is 24.0 Å². The number of rotatable bonds is 4. The van der Waals surface area contributed by atoms with Crippen LogP contribution in [0.2, 0.25) is 0 Å². The third kappa shape index (κ3) is 3.17. The third-order valence-corrected chi connectivity index (χ3v) is 3.89. The Labute approximate surface area is 117 Å². The number of likely N-dealkylation sites (tertiary alicyclic amines) is 1. The molecule has 4 nitrogen and oxygen atoms in total. The van der Waals surface area contributed by atoms with Crippen LogP contribution in [-0.2, 0) is 6.54 Å². The molecule has 1 amide bonds. The predicted molar refractivity (Wildman–Crippen MR) is 72.7 cm³/mol. The Morgan fingerprint density at radius 2 is 2.30 bits per heavy atom. The van der Waals surface area contributed by atoms with Crippen LogP contribution in [0.3, 0.4) is 0 Å². The fourth-order valence-electron chi connectivity index (χ4n) is 2.81. The Balaban J connectivity index is 2.16. The number of nitrogens with two attached hydrogens (primary N) is 1. The summed E-state index contributed by atoms with van der Waals surface area (Å²) in [5.41, 5.74) is 6.06. The van der Waals surface area contributed by atoms with Crippen molar-refractivity contribution >= 4 is 5.91 Å². The minimum absolute atomic E-state index is 0.00106. The first-order chi connectivity index (χ1) is 9.52. The van der Waals surface area contributed by atoms with Gasteiger partial charge in [-0.25, -0.2) is 8.78 Å². The summed E-state index contributed by atoms with van der Waals surface area (Å²) >= 11 is 0. The van der Waals surface area contributed by atoms with E-state index in [2.05, 4.69) is 6.92 Å². The van der Waals surface area contributed by atoms with Gasteiger partial charge in [0.1, 0.15) is 5.69 Å². The van der Waals surface area contributed by atoms with Crippen molar-refractivity contribution in [2.45, 2.75) is 38.8 Å². The van der Waals surface area contributed by atoms with Crippen LogP contribution >= 0.6 is 0 Å². The highest BCUT2D eigenvalue weighted by Gasteiger charge is 2.30. The Hall–Kier alpha value is -1.43. The van der Waals surface area contributed by atoms with Gasteiger partial charge in [0.15, 0.2) is 0 Å². The lowest BCUT2D eigenvalue weighted by Crippen LogP contribution is -2.49. The van der Waals surface area contributed by atoms with Crippen molar-refractivity contribution in [3.8, 4) is 0 Å². The highest BCUT2D eigenvalue weighted by molar-refractivity contribution is 5.93. The molecule has 0 aromatic carbocycles. The molecule has 1 aromatic heterocycles. The number of hydrogen-bond donors (Lipinski definition) is 1. The molecular weight excluding hydrogens is 264 g/mol. The van der Waals surface area contributed by atoms with Gasteiger partial charge in [0.2, 0.25) is 0 Å². The Bertz CT molecular complexity index is 461. The first-order valence-corrected chi connectivity index (χ1v) is 6.97. The fourth-order valence-corrected chi connectivity index (χ4v) is 2.81. The van der Waals surface area contributed by atoms with E-state index in [1.165, 1.54) is 10.8 Å². The summed E-state index contributed by atoms with van der Waals surface area (Å²) in [6, 6.07) is 3.22. The fraction of sp³-hybridized carbons (Fsp3) is 0.643. The smallest absolute Gasteiger partial charge is 0.270 e. The quantitative estimate of drug-likeness (QED) is 0.919. The highest BCUT2D eigenvalue weighted by atomic mass is 19.3. The zero-order valence-corrected chi connectivity index (χ0v) is 11.6. The average Bonchev–Trinajstić information content (AvgIpc) is 2.85. The molecule has 20 heavy (non-hydrogen) atoms. The summed E-state index contributed by atoms with van der Waals surface area (Å²) < 4.78 is 26.3. The zero-order valence-electron chi connectivity index (χ0n) is 11.6. The molecule has 0 aliphatic carbocycles.